The molecule has 0 fully saturated rings. The summed E-state index contributed by atoms with van der Waals surface area (Å²) >= 11 is 0. The molecule has 1 aromatic rings. The molecule has 0 saturated carbocycles. The third-order valence-corrected chi connectivity index (χ3v) is 1.83. The van der Waals surface area contributed by atoms with Crippen molar-refractivity contribution < 1.29 is 13.2 Å². The Balaban J connectivity index is 2.90. The van der Waals surface area contributed by atoms with Crippen LogP contribution < -0.4 is 11.5 Å². The summed E-state index contributed by atoms with van der Waals surface area (Å²) in [5.74, 6) is 0. The van der Waals surface area contributed by atoms with Crippen molar-refractivity contribution >= 4 is 5.69 Å². The van der Waals surface area contributed by atoms with Crippen molar-refractivity contribution in [2.24, 2.45) is 5.73 Å². The van der Waals surface area contributed by atoms with Crippen LogP contribution in [0.3, 0.4) is 0 Å². The number of benzene rings is 1. The molecule has 0 aliphatic rings. The lowest BCUT2D eigenvalue weighted by molar-refractivity contribution is -0.127. The van der Waals surface area contributed by atoms with E-state index < -0.39 is 12.6 Å². The lowest BCUT2D eigenvalue weighted by Crippen LogP contribution is -2.12. The Morgan fingerprint density at radius 3 is 2.36 bits per heavy atom. The molecule has 0 unspecified atom stereocenters. The van der Waals surface area contributed by atoms with Gasteiger partial charge in [0.2, 0.25) is 0 Å². The molecule has 0 bridgehead atoms. The van der Waals surface area contributed by atoms with Crippen molar-refractivity contribution in [3.8, 4) is 0 Å². The molecule has 0 aliphatic carbocycles. The Labute approximate surface area is 79.7 Å². The molecule has 0 spiro atoms. The second-order valence-electron chi connectivity index (χ2n) is 3.03. The van der Waals surface area contributed by atoms with Crippen LogP contribution in [0.25, 0.3) is 0 Å². The first-order valence-corrected chi connectivity index (χ1v) is 4.06. The SMILES string of the molecule is NCc1cc(CC(F)(F)F)ccc1N. The number of hydrogen-bond acceptors (Lipinski definition) is 2. The van der Waals surface area contributed by atoms with E-state index in [9.17, 15) is 13.2 Å². The van der Waals surface area contributed by atoms with Crippen molar-refractivity contribution in [2.45, 2.75) is 19.1 Å². The predicted molar refractivity (Wildman–Crippen MR) is 48.5 cm³/mol. The second-order valence-corrected chi connectivity index (χ2v) is 3.03. The minimum absolute atomic E-state index is 0.150. The van der Waals surface area contributed by atoms with E-state index >= 15 is 0 Å². The van der Waals surface area contributed by atoms with E-state index in [-0.39, 0.29) is 12.1 Å². The van der Waals surface area contributed by atoms with Crippen LogP contribution in [0.15, 0.2) is 18.2 Å². The molecule has 5 heteroatoms. The summed E-state index contributed by atoms with van der Waals surface area (Å²) in [6.45, 7) is 0.150. The number of anilines is 1. The van der Waals surface area contributed by atoms with Crippen molar-refractivity contribution in [3.05, 3.63) is 29.3 Å². The van der Waals surface area contributed by atoms with Crippen LogP contribution in [0.1, 0.15) is 11.1 Å². The van der Waals surface area contributed by atoms with Gasteiger partial charge in [-0.15, -0.1) is 0 Å². The van der Waals surface area contributed by atoms with Crippen LogP contribution >= 0.6 is 0 Å². The smallest absolute Gasteiger partial charge is 0.393 e. The second kappa shape index (κ2) is 3.88. The van der Waals surface area contributed by atoms with Gasteiger partial charge in [-0.3, -0.25) is 0 Å². The fourth-order valence-corrected chi connectivity index (χ4v) is 1.18. The van der Waals surface area contributed by atoms with Gasteiger partial charge in [-0.2, -0.15) is 13.2 Å². The van der Waals surface area contributed by atoms with Crippen molar-refractivity contribution in [2.75, 3.05) is 5.73 Å². The Bertz CT molecular complexity index is 320. The van der Waals surface area contributed by atoms with Crippen molar-refractivity contribution in [1.29, 1.82) is 0 Å². The molecule has 0 amide bonds. The standard InChI is InChI=1S/C9H11F3N2/c10-9(11,12)4-6-1-2-8(14)7(3-6)5-13/h1-3H,4-5,13-14H2. The topological polar surface area (TPSA) is 52.0 Å². The predicted octanol–water partition coefficient (Wildman–Crippen LogP) is 1.83. The van der Waals surface area contributed by atoms with E-state index in [1.54, 1.807) is 0 Å². The Kier molecular flexibility index (Phi) is 3.00. The van der Waals surface area contributed by atoms with Crippen LogP contribution in [0.2, 0.25) is 0 Å². The summed E-state index contributed by atoms with van der Waals surface area (Å²) in [5, 5.41) is 0. The summed E-state index contributed by atoms with van der Waals surface area (Å²) in [6, 6.07) is 4.20. The Morgan fingerprint density at radius 2 is 1.86 bits per heavy atom. The van der Waals surface area contributed by atoms with Gasteiger partial charge in [0, 0.05) is 12.2 Å². The molecule has 0 heterocycles. The summed E-state index contributed by atoms with van der Waals surface area (Å²) in [7, 11) is 0. The van der Waals surface area contributed by atoms with E-state index in [1.807, 2.05) is 0 Å². The molecule has 1 aromatic carbocycles. The highest BCUT2D eigenvalue weighted by molar-refractivity contribution is 5.48. The van der Waals surface area contributed by atoms with E-state index in [0.717, 1.165) is 0 Å². The molecule has 0 saturated heterocycles. The number of rotatable bonds is 2. The monoisotopic (exact) mass is 204 g/mol. The summed E-state index contributed by atoms with van der Waals surface area (Å²) in [6.07, 6.45) is -5.14. The van der Waals surface area contributed by atoms with E-state index in [0.29, 0.717) is 11.3 Å². The highest BCUT2D eigenvalue weighted by atomic mass is 19.4. The average Bonchev–Trinajstić information content (AvgIpc) is 2.06. The first-order valence-electron chi connectivity index (χ1n) is 4.06. The molecule has 0 atom stereocenters. The first-order chi connectivity index (χ1) is 6.42. The zero-order valence-electron chi connectivity index (χ0n) is 7.43. The van der Waals surface area contributed by atoms with Gasteiger partial charge >= 0.3 is 6.18 Å². The highest BCUT2D eigenvalue weighted by Crippen LogP contribution is 2.23. The van der Waals surface area contributed by atoms with Gasteiger partial charge in [-0.1, -0.05) is 12.1 Å². The number of nitrogens with two attached hydrogens (primary N) is 2. The van der Waals surface area contributed by atoms with Gasteiger partial charge < -0.3 is 11.5 Å². The molecule has 2 nitrogen and oxygen atoms in total. The third-order valence-electron chi connectivity index (χ3n) is 1.83. The van der Waals surface area contributed by atoms with Gasteiger partial charge in [-0.05, 0) is 17.2 Å². The molecular weight excluding hydrogens is 193 g/mol. The number of halogens is 3. The quantitative estimate of drug-likeness (QED) is 0.722. The van der Waals surface area contributed by atoms with Gasteiger partial charge in [0.15, 0.2) is 0 Å². The van der Waals surface area contributed by atoms with Crippen LogP contribution in [-0.2, 0) is 13.0 Å². The van der Waals surface area contributed by atoms with Crippen LogP contribution in [0.4, 0.5) is 18.9 Å². The molecule has 1 rings (SSSR count). The normalized spacial score (nSPS) is 11.7. The van der Waals surface area contributed by atoms with Gasteiger partial charge in [-0.25, -0.2) is 0 Å². The van der Waals surface area contributed by atoms with Crippen molar-refractivity contribution in [1.82, 2.24) is 0 Å². The largest absolute Gasteiger partial charge is 0.398 e. The molecule has 78 valence electrons. The van der Waals surface area contributed by atoms with E-state index in [1.165, 1.54) is 18.2 Å². The number of hydrogen-bond donors (Lipinski definition) is 2. The highest BCUT2D eigenvalue weighted by Gasteiger charge is 2.27. The van der Waals surface area contributed by atoms with Crippen LogP contribution in [0, 0.1) is 0 Å². The molecular formula is C9H11F3N2. The maximum Gasteiger partial charge on any atom is 0.393 e. The molecule has 0 aromatic heterocycles. The fourth-order valence-electron chi connectivity index (χ4n) is 1.18. The van der Waals surface area contributed by atoms with Gasteiger partial charge in [0.1, 0.15) is 0 Å². The first kappa shape index (κ1) is 10.8. The summed E-state index contributed by atoms with van der Waals surface area (Å²) < 4.78 is 36.0. The average molecular weight is 204 g/mol. The lowest BCUT2D eigenvalue weighted by atomic mass is 10.1. The lowest BCUT2D eigenvalue weighted by Gasteiger charge is -2.09. The molecule has 0 radical (unpaired) electrons. The minimum Gasteiger partial charge on any atom is -0.398 e. The van der Waals surface area contributed by atoms with Crippen LogP contribution in [0.5, 0.6) is 0 Å². The van der Waals surface area contributed by atoms with Crippen LogP contribution in [-0.4, -0.2) is 6.18 Å². The van der Waals surface area contributed by atoms with E-state index in [4.69, 9.17) is 11.5 Å². The zero-order chi connectivity index (χ0) is 10.8. The molecule has 4 N–H and O–H groups in total. The minimum atomic E-state index is -4.19. The maximum absolute atomic E-state index is 12.0. The third kappa shape index (κ3) is 2.92. The number of alkyl halides is 3. The maximum atomic E-state index is 12.0. The van der Waals surface area contributed by atoms with Crippen molar-refractivity contribution in [3.63, 3.8) is 0 Å². The molecule has 14 heavy (non-hydrogen) atoms. The van der Waals surface area contributed by atoms with Gasteiger partial charge in [0.25, 0.3) is 0 Å². The Morgan fingerprint density at radius 1 is 1.21 bits per heavy atom. The Hall–Kier alpha value is -1.23. The fraction of sp³-hybridized carbons (Fsp3) is 0.333. The van der Waals surface area contributed by atoms with Gasteiger partial charge in [0.05, 0.1) is 6.42 Å². The molecule has 0 aliphatic heterocycles. The summed E-state index contributed by atoms with van der Waals surface area (Å²) in [4.78, 5) is 0. The summed E-state index contributed by atoms with van der Waals surface area (Å²) in [5.41, 5.74) is 12.0. The zero-order valence-corrected chi connectivity index (χ0v) is 7.43. The number of nitrogen functional groups attached to an aromatic ring is 1. The van der Waals surface area contributed by atoms with E-state index in [2.05, 4.69) is 0 Å².